The molecule has 0 aliphatic carbocycles. The molecular formula is C14H20ClNO8. The molecule has 0 radical (unpaired) electrons. The lowest BCUT2D eigenvalue weighted by Crippen LogP contribution is -2.64. The standard InChI is InChI=1S/C14H20ClNO8/c1-6(17)16-11-13(23-9(4)20)12(22-8(3)19)10(24-14(11)15)5-21-7(2)18/h10-14H,5H2,1-4H3,(H,16,17)/t10?,11?,12-,13?,14?/m0/s1. The first-order valence-electron chi connectivity index (χ1n) is 7.16. The van der Waals surface area contributed by atoms with E-state index < -0.39 is 53.7 Å². The van der Waals surface area contributed by atoms with E-state index in [4.69, 9.17) is 30.5 Å². The van der Waals surface area contributed by atoms with Crippen molar-refractivity contribution in [2.45, 2.75) is 57.6 Å². The van der Waals surface area contributed by atoms with Crippen LogP contribution in [-0.4, -0.2) is 60.3 Å². The summed E-state index contributed by atoms with van der Waals surface area (Å²) in [6.07, 6.45) is -3.18. The maximum atomic E-state index is 11.4. The zero-order valence-electron chi connectivity index (χ0n) is 13.7. The summed E-state index contributed by atoms with van der Waals surface area (Å²) in [6, 6.07) is -0.953. The van der Waals surface area contributed by atoms with Crippen molar-refractivity contribution in [3.63, 3.8) is 0 Å². The number of amides is 1. The average Bonchev–Trinajstić information content (AvgIpc) is 2.42. The van der Waals surface area contributed by atoms with Crippen molar-refractivity contribution in [2.75, 3.05) is 6.61 Å². The highest BCUT2D eigenvalue weighted by atomic mass is 35.5. The number of carbonyl (C=O) groups excluding carboxylic acids is 4. The van der Waals surface area contributed by atoms with Crippen LogP contribution in [0.15, 0.2) is 0 Å². The Hall–Kier alpha value is -1.87. The number of hydrogen-bond donors (Lipinski definition) is 1. The summed E-state index contributed by atoms with van der Waals surface area (Å²) in [4.78, 5) is 45.2. The summed E-state index contributed by atoms with van der Waals surface area (Å²) < 4.78 is 20.7. The Balaban J connectivity index is 3.11. The Morgan fingerprint density at radius 1 is 0.958 bits per heavy atom. The molecule has 5 atom stereocenters. The van der Waals surface area contributed by atoms with Gasteiger partial charge in [0.25, 0.3) is 0 Å². The van der Waals surface area contributed by atoms with Crippen LogP contribution in [0.5, 0.6) is 0 Å². The van der Waals surface area contributed by atoms with Gasteiger partial charge in [0.05, 0.1) is 0 Å². The van der Waals surface area contributed by atoms with Gasteiger partial charge in [0, 0.05) is 27.7 Å². The Labute approximate surface area is 143 Å². The van der Waals surface area contributed by atoms with Crippen LogP contribution in [0.1, 0.15) is 27.7 Å². The minimum absolute atomic E-state index is 0.263. The normalized spacial score (nSPS) is 29.3. The lowest BCUT2D eigenvalue weighted by molar-refractivity contribution is -0.212. The van der Waals surface area contributed by atoms with Crippen molar-refractivity contribution in [3.8, 4) is 0 Å². The first-order chi connectivity index (χ1) is 11.1. The molecule has 1 aliphatic heterocycles. The smallest absolute Gasteiger partial charge is 0.303 e. The highest BCUT2D eigenvalue weighted by molar-refractivity contribution is 6.20. The van der Waals surface area contributed by atoms with Crippen molar-refractivity contribution in [1.29, 1.82) is 0 Å². The van der Waals surface area contributed by atoms with Crippen LogP contribution in [0.4, 0.5) is 0 Å². The van der Waals surface area contributed by atoms with Crippen molar-refractivity contribution in [3.05, 3.63) is 0 Å². The number of ether oxygens (including phenoxy) is 4. The largest absolute Gasteiger partial charge is 0.463 e. The molecule has 0 aromatic heterocycles. The van der Waals surface area contributed by atoms with Crippen LogP contribution in [-0.2, 0) is 38.1 Å². The Bertz CT molecular complexity index is 511. The number of carbonyl (C=O) groups is 4. The van der Waals surface area contributed by atoms with E-state index in [-0.39, 0.29) is 6.61 Å². The van der Waals surface area contributed by atoms with Gasteiger partial charge in [-0.05, 0) is 0 Å². The first-order valence-corrected chi connectivity index (χ1v) is 7.60. The molecule has 9 nitrogen and oxygen atoms in total. The third kappa shape index (κ3) is 5.97. The topological polar surface area (TPSA) is 117 Å². The monoisotopic (exact) mass is 365 g/mol. The Kier molecular flexibility index (Phi) is 7.43. The molecule has 1 aliphatic rings. The fourth-order valence-electron chi connectivity index (χ4n) is 2.28. The van der Waals surface area contributed by atoms with Crippen molar-refractivity contribution in [1.82, 2.24) is 5.32 Å². The summed E-state index contributed by atoms with van der Waals surface area (Å²) in [7, 11) is 0. The second-order valence-electron chi connectivity index (χ2n) is 5.20. The highest BCUT2D eigenvalue weighted by Crippen LogP contribution is 2.28. The van der Waals surface area contributed by atoms with Crippen LogP contribution in [0.3, 0.4) is 0 Å². The predicted molar refractivity (Wildman–Crippen MR) is 79.9 cm³/mol. The molecule has 1 rings (SSSR count). The van der Waals surface area contributed by atoms with E-state index in [1.54, 1.807) is 0 Å². The van der Waals surface area contributed by atoms with E-state index in [1.165, 1.54) is 13.8 Å². The molecule has 0 aromatic carbocycles. The predicted octanol–water partition coefficient (Wildman–Crippen LogP) is -0.119. The Morgan fingerprint density at radius 3 is 1.96 bits per heavy atom. The van der Waals surface area contributed by atoms with Crippen molar-refractivity contribution >= 4 is 35.4 Å². The number of rotatable bonds is 5. The quantitative estimate of drug-likeness (QED) is 0.407. The average molecular weight is 366 g/mol. The summed E-state index contributed by atoms with van der Waals surface area (Å²) >= 11 is 6.11. The van der Waals surface area contributed by atoms with Gasteiger partial charge < -0.3 is 24.3 Å². The first kappa shape index (κ1) is 20.2. The lowest BCUT2D eigenvalue weighted by atomic mass is 9.97. The van der Waals surface area contributed by atoms with Gasteiger partial charge in [0.15, 0.2) is 17.8 Å². The number of halogens is 1. The van der Waals surface area contributed by atoms with E-state index >= 15 is 0 Å². The van der Waals surface area contributed by atoms with Gasteiger partial charge in [0.1, 0.15) is 18.8 Å². The molecule has 4 unspecified atom stereocenters. The van der Waals surface area contributed by atoms with E-state index in [9.17, 15) is 19.2 Å². The second-order valence-corrected chi connectivity index (χ2v) is 5.63. The fourth-order valence-corrected chi connectivity index (χ4v) is 2.62. The van der Waals surface area contributed by atoms with E-state index in [1.807, 2.05) is 0 Å². The number of alkyl halides is 1. The van der Waals surface area contributed by atoms with Crippen molar-refractivity contribution in [2.24, 2.45) is 0 Å². The molecule has 24 heavy (non-hydrogen) atoms. The van der Waals surface area contributed by atoms with E-state index in [2.05, 4.69) is 5.32 Å². The highest BCUT2D eigenvalue weighted by Gasteiger charge is 2.50. The van der Waals surface area contributed by atoms with Crippen LogP contribution < -0.4 is 5.32 Å². The van der Waals surface area contributed by atoms with E-state index in [0.717, 1.165) is 13.8 Å². The lowest BCUT2D eigenvalue weighted by Gasteiger charge is -2.43. The van der Waals surface area contributed by atoms with Gasteiger partial charge in [-0.2, -0.15) is 0 Å². The number of hydrogen-bond acceptors (Lipinski definition) is 8. The molecule has 1 heterocycles. The minimum atomic E-state index is -1.11. The summed E-state index contributed by atoms with van der Waals surface area (Å²) in [5.41, 5.74) is -1.09. The maximum absolute atomic E-state index is 11.4. The van der Waals surface area contributed by atoms with Gasteiger partial charge in [-0.3, -0.25) is 19.2 Å². The maximum Gasteiger partial charge on any atom is 0.303 e. The van der Waals surface area contributed by atoms with Crippen molar-refractivity contribution < 1.29 is 38.1 Å². The fraction of sp³-hybridized carbons (Fsp3) is 0.714. The zero-order valence-corrected chi connectivity index (χ0v) is 14.5. The molecule has 0 bridgehead atoms. The summed E-state index contributed by atoms with van der Waals surface area (Å²) in [6.45, 7) is 4.51. The molecule has 1 fully saturated rings. The number of esters is 3. The Morgan fingerprint density at radius 2 is 1.50 bits per heavy atom. The number of nitrogens with one attached hydrogen (secondary N) is 1. The molecule has 0 aromatic rings. The second kappa shape index (κ2) is 8.84. The van der Waals surface area contributed by atoms with Gasteiger partial charge in [0.2, 0.25) is 5.91 Å². The SMILES string of the molecule is CC(=O)NC1C(Cl)OC(COC(C)=O)[C@H](OC(C)=O)C1OC(C)=O. The molecule has 1 saturated heterocycles. The molecule has 10 heteroatoms. The summed E-state index contributed by atoms with van der Waals surface area (Å²) in [5, 5.41) is 2.50. The van der Waals surface area contributed by atoms with Gasteiger partial charge in [-0.15, -0.1) is 0 Å². The van der Waals surface area contributed by atoms with Gasteiger partial charge in [-0.1, -0.05) is 11.6 Å². The van der Waals surface area contributed by atoms with Crippen LogP contribution >= 0.6 is 11.6 Å². The van der Waals surface area contributed by atoms with Crippen LogP contribution in [0.2, 0.25) is 0 Å². The van der Waals surface area contributed by atoms with Gasteiger partial charge >= 0.3 is 17.9 Å². The molecule has 0 spiro atoms. The third-order valence-corrected chi connectivity index (χ3v) is 3.43. The molecular weight excluding hydrogens is 346 g/mol. The molecule has 1 amide bonds. The molecule has 136 valence electrons. The summed E-state index contributed by atoms with van der Waals surface area (Å²) in [5.74, 6) is -2.33. The van der Waals surface area contributed by atoms with Crippen LogP contribution in [0.25, 0.3) is 0 Å². The minimum Gasteiger partial charge on any atom is -0.463 e. The molecule has 1 N–H and O–H groups in total. The van der Waals surface area contributed by atoms with E-state index in [0.29, 0.717) is 0 Å². The zero-order chi connectivity index (χ0) is 18.4. The third-order valence-electron chi connectivity index (χ3n) is 3.06. The van der Waals surface area contributed by atoms with Gasteiger partial charge in [-0.25, -0.2) is 0 Å². The molecule has 0 saturated carbocycles. The van der Waals surface area contributed by atoms with Crippen LogP contribution in [0, 0.1) is 0 Å².